The average molecular weight is 279 g/mol. The van der Waals surface area contributed by atoms with Crippen LogP contribution in [0.3, 0.4) is 0 Å². The highest BCUT2D eigenvalue weighted by molar-refractivity contribution is 5.80. The molecule has 1 saturated heterocycles. The first kappa shape index (κ1) is 13.5. The monoisotopic (exact) mass is 279 g/mol. The summed E-state index contributed by atoms with van der Waals surface area (Å²) in [6.07, 6.45) is -5.68. The zero-order chi connectivity index (χ0) is 14.3. The fraction of sp³-hybridized carbons (Fsp3) is 0.429. The van der Waals surface area contributed by atoms with E-state index in [9.17, 15) is 20.4 Å². The molecule has 1 aromatic carbocycles. The molecule has 1 aromatic heterocycles. The van der Waals surface area contributed by atoms with Gasteiger partial charge in [0.25, 0.3) is 0 Å². The van der Waals surface area contributed by atoms with Gasteiger partial charge in [0.2, 0.25) is 0 Å². The third kappa shape index (κ3) is 2.11. The number of aromatic amines is 1. The fourth-order valence-electron chi connectivity index (χ4n) is 2.61. The van der Waals surface area contributed by atoms with E-state index in [1.807, 2.05) is 30.3 Å². The van der Waals surface area contributed by atoms with Gasteiger partial charge in [0.15, 0.2) is 0 Å². The Balaban J connectivity index is 1.95. The topological polar surface area (TPSA) is 106 Å². The summed E-state index contributed by atoms with van der Waals surface area (Å²) in [5, 5.41) is 39.8. The number of para-hydroxylation sites is 1. The summed E-state index contributed by atoms with van der Waals surface area (Å²) in [5.74, 6) is 0. The molecule has 0 amide bonds. The standard InChI is InChI=1S/C14H17NO5/c16-6-10-11(17)12(18)13(19)14(20-10)9-5-7-3-1-2-4-8(7)15-9/h1-5,10-19H,6H2/t10-,11-,12+,13-,14?/m0/s1. The van der Waals surface area contributed by atoms with Crippen molar-refractivity contribution in [2.45, 2.75) is 30.5 Å². The summed E-state index contributed by atoms with van der Waals surface area (Å²) >= 11 is 0. The number of H-pyrrole nitrogens is 1. The maximum atomic E-state index is 10.1. The summed E-state index contributed by atoms with van der Waals surface area (Å²) in [6, 6.07) is 9.41. The van der Waals surface area contributed by atoms with E-state index in [-0.39, 0.29) is 0 Å². The SMILES string of the molecule is OC[C@@H]1OC(c2cc3ccccc3[nH]2)[C@@H](O)[C@H](O)[C@H]1O. The molecular weight excluding hydrogens is 262 g/mol. The van der Waals surface area contributed by atoms with Gasteiger partial charge in [-0.25, -0.2) is 0 Å². The lowest BCUT2D eigenvalue weighted by molar-refractivity contribution is -0.232. The van der Waals surface area contributed by atoms with Gasteiger partial charge in [-0.1, -0.05) is 18.2 Å². The second-order valence-corrected chi connectivity index (χ2v) is 5.06. The minimum Gasteiger partial charge on any atom is -0.394 e. The number of aliphatic hydroxyl groups is 4. The summed E-state index contributed by atoms with van der Waals surface area (Å²) < 4.78 is 5.50. The lowest BCUT2D eigenvalue weighted by Gasteiger charge is -2.39. The Hall–Kier alpha value is -1.44. The molecule has 0 spiro atoms. The van der Waals surface area contributed by atoms with Gasteiger partial charge in [0.05, 0.1) is 6.61 Å². The van der Waals surface area contributed by atoms with Crippen molar-refractivity contribution in [2.75, 3.05) is 6.61 Å². The van der Waals surface area contributed by atoms with Gasteiger partial charge in [-0.3, -0.25) is 0 Å². The van der Waals surface area contributed by atoms with Crippen LogP contribution in [0.15, 0.2) is 30.3 Å². The predicted molar refractivity (Wildman–Crippen MR) is 71.0 cm³/mol. The molecule has 6 nitrogen and oxygen atoms in total. The van der Waals surface area contributed by atoms with Gasteiger partial charge in [-0.05, 0) is 17.5 Å². The fourth-order valence-corrected chi connectivity index (χ4v) is 2.61. The normalized spacial score (nSPS) is 34.5. The van der Waals surface area contributed by atoms with Crippen molar-refractivity contribution in [1.82, 2.24) is 4.98 Å². The van der Waals surface area contributed by atoms with Crippen LogP contribution >= 0.6 is 0 Å². The van der Waals surface area contributed by atoms with Crippen molar-refractivity contribution in [1.29, 1.82) is 0 Å². The second kappa shape index (κ2) is 5.16. The molecule has 5 atom stereocenters. The first-order chi connectivity index (χ1) is 9.61. The number of nitrogens with one attached hydrogen (secondary N) is 1. The molecule has 6 heteroatoms. The van der Waals surface area contributed by atoms with Crippen LogP contribution < -0.4 is 0 Å². The molecule has 0 saturated carbocycles. The highest BCUT2D eigenvalue weighted by Gasteiger charge is 2.44. The Kier molecular flexibility index (Phi) is 3.49. The molecule has 1 aliphatic rings. The number of rotatable bonds is 2. The van der Waals surface area contributed by atoms with E-state index < -0.39 is 37.1 Å². The summed E-state index contributed by atoms with van der Waals surface area (Å²) in [4.78, 5) is 3.12. The molecule has 2 aromatic rings. The van der Waals surface area contributed by atoms with Crippen LogP contribution in [-0.4, -0.2) is 56.4 Å². The van der Waals surface area contributed by atoms with E-state index >= 15 is 0 Å². The lowest BCUT2D eigenvalue weighted by Crippen LogP contribution is -2.55. The van der Waals surface area contributed by atoms with E-state index in [0.717, 1.165) is 10.9 Å². The van der Waals surface area contributed by atoms with E-state index in [0.29, 0.717) is 5.69 Å². The van der Waals surface area contributed by atoms with Crippen LogP contribution in [0.25, 0.3) is 10.9 Å². The third-order valence-electron chi connectivity index (χ3n) is 3.75. The van der Waals surface area contributed by atoms with Gasteiger partial charge in [0, 0.05) is 11.2 Å². The minimum absolute atomic E-state index is 0.429. The number of hydrogen-bond acceptors (Lipinski definition) is 5. The van der Waals surface area contributed by atoms with Crippen LogP contribution in [-0.2, 0) is 4.74 Å². The molecule has 1 aliphatic heterocycles. The number of hydrogen-bond donors (Lipinski definition) is 5. The smallest absolute Gasteiger partial charge is 0.126 e. The Morgan fingerprint density at radius 3 is 2.50 bits per heavy atom. The summed E-state index contributed by atoms with van der Waals surface area (Å²) in [5.41, 5.74) is 1.49. The Morgan fingerprint density at radius 1 is 1.05 bits per heavy atom. The largest absolute Gasteiger partial charge is 0.394 e. The zero-order valence-corrected chi connectivity index (χ0v) is 10.7. The molecular formula is C14H17NO5. The van der Waals surface area contributed by atoms with Gasteiger partial charge < -0.3 is 30.1 Å². The van der Waals surface area contributed by atoms with Crippen molar-refractivity contribution in [3.05, 3.63) is 36.0 Å². The van der Waals surface area contributed by atoms with Gasteiger partial charge >= 0.3 is 0 Å². The van der Waals surface area contributed by atoms with Crippen LogP contribution in [0.2, 0.25) is 0 Å². The zero-order valence-electron chi connectivity index (χ0n) is 10.7. The number of aliphatic hydroxyl groups excluding tert-OH is 4. The second-order valence-electron chi connectivity index (χ2n) is 5.06. The van der Waals surface area contributed by atoms with E-state index in [1.54, 1.807) is 0 Å². The number of aromatic nitrogens is 1. The molecule has 0 radical (unpaired) electrons. The van der Waals surface area contributed by atoms with E-state index in [2.05, 4.69) is 4.98 Å². The molecule has 1 unspecified atom stereocenters. The highest BCUT2D eigenvalue weighted by atomic mass is 16.5. The van der Waals surface area contributed by atoms with Gasteiger partial charge in [0.1, 0.15) is 30.5 Å². The maximum absolute atomic E-state index is 10.1. The number of fused-ring (bicyclic) bond motifs is 1. The van der Waals surface area contributed by atoms with Crippen molar-refractivity contribution in [3.63, 3.8) is 0 Å². The van der Waals surface area contributed by atoms with E-state index in [4.69, 9.17) is 4.74 Å². The van der Waals surface area contributed by atoms with Crippen LogP contribution in [0.1, 0.15) is 11.8 Å². The van der Waals surface area contributed by atoms with Crippen LogP contribution in [0.5, 0.6) is 0 Å². The number of benzene rings is 1. The predicted octanol–water partition coefficient (Wildman–Crippen LogP) is -0.317. The minimum atomic E-state index is -1.36. The quantitative estimate of drug-likeness (QED) is 0.518. The van der Waals surface area contributed by atoms with Crippen LogP contribution in [0.4, 0.5) is 0 Å². The van der Waals surface area contributed by atoms with Crippen molar-refractivity contribution < 1.29 is 25.2 Å². The lowest BCUT2D eigenvalue weighted by atomic mass is 9.93. The maximum Gasteiger partial charge on any atom is 0.126 e. The first-order valence-corrected chi connectivity index (χ1v) is 6.50. The molecule has 1 fully saturated rings. The molecule has 108 valence electrons. The molecule has 2 heterocycles. The van der Waals surface area contributed by atoms with Crippen molar-refractivity contribution in [2.24, 2.45) is 0 Å². The van der Waals surface area contributed by atoms with Crippen LogP contribution in [0, 0.1) is 0 Å². The van der Waals surface area contributed by atoms with Crippen molar-refractivity contribution in [3.8, 4) is 0 Å². The van der Waals surface area contributed by atoms with E-state index in [1.165, 1.54) is 0 Å². The Morgan fingerprint density at radius 2 is 1.80 bits per heavy atom. The Labute approximate surface area is 115 Å². The average Bonchev–Trinajstić information content (AvgIpc) is 2.89. The third-order valence-corrected chi connectivity index (χ3v) is 3.75. The van der Waals surface area contributed by atoms with Gasteiger partial charge in [-0.15, -0.1) is 0 Å². The molecule has 5 N–H and O–H groups in total. The summed E-state index contributed by atoms with van der Waals surface area (Å²) in [7, 11) is 0. The molecule has 0 aliphatic carbocycles. The molecule has 0 bridgehead atoms. The Bertz CT molecular complexity index is 563. The molecule has 3 rings (SSSR count). The van der Waals surface area contributed by atoms with Gasteiger partial charge in [-0.2, -0.15) is 0 Å². The molecule has 20 heavy (non-hydrogen) atoms. The summed E-state index contributed by atoms with van der Waals surface area (Å²) in [6.45, 7) is -0.429. The highest BCUT2D eigenvalue weighted by Crippen LogP contribution is 2.33. The first-order valence-electron chi connectivity index (χ1n) is 6.50. The van der Waals surface area contributed by atoms with Crippen molar-refractivity contribution >= 4 is 10.9 Å². The number of ether oxygens (including phenoxy) is 1.